The zero-order valence-corrected chi connectivity index (χ0v) is 15.7. The molecule has 0 aliphatic heterocycles. The van der Waals surface area contributed by atoms with Crippen LogP contribution in [0.25, 0.3) is 5.78 Å². The monoisotopic (exact) mass is 377 g/mol. The molecule has 0 saturated heterocycles. The fourth-order valence-corrected chi connectivity index (χ4v) is 3.04. The molecule has 0 aliphatic rings. The summed E-state index contributed by atoms with van der Waals surface area (Å²) in [6, 6.07) is 14.2. The second kappa shape index (κ2) is 7.26. The first-order valence-corrected chi connectivity index (χ1v) is 9.02. The van der Waals surface area contributed by atoms with Crippen LogP contribution in [0, 0.1) is 19.7 Å². The van der Waals surface area contributed by atoms with Gasteiger partial charge in [0.2, 0.25) is 0 Å². The lowest BCUT2D eigenvalue weighted by atomic mass is 10.0. The summed E-state index contributed by atoms with van der Waals surface area (Å²) in [4.78, 5) is 21.8. The van der Waals surface area contributed by atoms with Crippen LogP contribution in [0.2, 0.25) is 0 Å². The van der Waals surface area contributed by atoms with Crippen LogP contribution in [0.15, 0.2) is 53.3 Å². The van der Waals surface area contributed by atoms with Gasteiger partial charge in [0.25, 0.3) is 11.3 Å². The van der Waals surface area contributed by atoms with Crippen molar-refractivity contribution in [3.8, 4) is 0 Å². The molecular formula is C21H20FN5O. The molecule has 7 heteroatoms. The Balaban J connectivity index is 1.60. The predicted octanol–water partition coefficient (Wildman–Crippen LogP) is 3.38. The minimum Gasteiger partial charge on any atom is -0.378 e. The summed E-state index contributed by atoms with van der Waals surface area (Å²) in [6.45, 7) is 4.22. The quantitative estimate of drug-likeness (QED) is 0.559. The number of hydrogen-bond acceptors (Lipinski definition) is 4. The Morgan fingerprint density at radius 2 is 1.75 bits per heavy atom. The molecule has 0 radical (unpaired) electrons. The Morgan fingerprint density at radius 1 is 1.04 bits per heavy atom. The summed E-state index contributed by atoms with van der Waals surface area (Å²) in [6.07, 6.45) is 0.517. The number of H-pyrrole nitrogens is 1. The van der Waals surface area contributed by atoms with Crippen LogP contribution >= 0.6 is 0 Å². The molecule has 0 unspecified atom stereocenters. The van der Waals surface area contributed by atoms with E-state index < -0.39 is 0 Å². The fraction of sp³-hybridized carbons (Fsp3) is 0.190. The summed E-state index contributed by atoms with van der Waals surface area (Å²) >= 11 is 0. The highest BCUT2D eigenvalue weighted by Gasteiger charge is 2.14. The van der Waals surface area contributed by atoms with Crippen LogP contribution < -0.4 is 10.9 Å². The number of aromatic amines is 1. The Labute approximate surface area is 161 Å². The Hall–Kier alpha value is -3.48. The second-order valence-corrected chi connectivity index (χ2v) is 6.81. The van der Waals surface area contributed by atoms with E-state index in [1.165, 1.54) is 22.2 Å². The van der Waals surface area contributed by atoms with Gasteiger partial charge in [-0.05, 0) is 43.7 Å². The molecule has 0 aliphatic carbocycles. The van der Waals surface area contributed by atoms with E-state index in [0.29, 0.717) is 35.8 Å². The van der Waals surface area contributed by atoms with E-state index in [0.717, 1.165) is 11.3 Å². The number of halogens is 1. The molecule has 2 aromatic heterocycles. The molecule has 2 aromatic carbocycles. The zero-order chi connectivity index (χ0) is 19.7. The normalized spacial score (nSPS) is 11.1. The van der Waals surface area contributed by atoms with Gasteiger partial charge in [-0.1, -0.05) is 29.8 Å². The molecule has 4 rings (SSSR count). The molecule has 0 fully saturated rings. The van der Waals surface area contributed by atoms with E-state index in [1.807, 2.05) is 38.1 Å². The zero-order valence-electron chi connectivity index (χ0n) is 15.7. The number of aryl methyl sites for hydroxylation is 2. The molecule has 0 spiro atoms. The first-order valence-electron chi connectivity index (χ1n) is 9.02. The number of nitrogens with zero attached hydrogens (tertiary/aromatic N) is 3. The summed E-state index contributed by atoms with van der Waals surface area (Å²) in [5.74, 6) is 0.619. The SMILES string of the molecule is Cc1ccc(Cc2c(C)nc3nc(CNc4ccc(F)cc4)[nH]n3c2=O)cc1. The van der Waals surface area contributed by atoms with Crippen LogP contribution in [0.5, 0.6) is 0 Å². The van der Waals surface area contributed by atoms with Crippen LogP contribution in [0.1, 0.15) is 28.2 Å². The van der Waals surface area contributed by atoms with Gasteiger partial charge in [0.05, 0.1) is 12.2 Å². The van der Waals surface area contributed by atoms with Gasteiger partial charge in [0, 0.05) is 17.7 Å². The van der Waals surface area contributed by atoms with Gasteiger partial charge in [-0.25, -0.2) is 9.37 Å². The van der Waals surface area contributed by atoms with Crippen LogP contribution in [0.3, 0.4) is 0 Å². The van der Waals surface area contributed by atoms with Crippen molar-refractivity contribution in [2.45, 2.75) is 26.8 Å². The lowest BCUT2D eigenvalue weighted by molar-refractivity contribution is 0.628. The number of fused-ring (bicyclic) bond motifs is 1. The Morgan fingerprint density at radius 3 is 2.46 bits per heavy atom. The molecule has 0 saturated carbocycles. The number of nitrogens with one attached hydrogen (secondary N) is 2. The fourth-order valence-electron chi connectivity index (χ4n) is 3.04. The number of aromatic nitrogens is 4. The minimum absolute atomic E-state index is 0.149. The molecule has 4 aromatic rings. The summed E-state index contributed by atoms with van der Waals surface area (Å²) in [5, 5.41) is 6.14. The molecule has 0 amide bonds. The highest BCUT2D eigenvalue weighted by Crippen LogP contribution is 2.12. The first-order chi connectivity index (χ1) is 13.5. The third kappa shape index (κ3) is 3.64. The van der Waals surface area contributed by atoms with E-state index in [9.17, 15) is 9.18 Å². The van der Waals surface area contributed by atoms with Gasteiger partial charge >= 0.3 is 0 Å². The lowest BCUT2D eigenvalue weighted by Crippen LogP contribution is -2.22. The molecule has 0 atom stereocenters. The molecule has 6 nitrogen and oxygen atoms in total. The van der Waals surface area contributed by atoms with Crippen LogP contribution in [-0.4, -0.2) is 19.6 Å². The average molecular weight is 377 g/mol. The van der Waals surface area contributed by atoms with Gasteiger partial charge in [-0.15, -0.1) is 0 Å². The standard InChI is InChI=1S/C21H20FN5O/c1-13-3-5-15(6-4-13)11-18-14(2)24-21-25-19(26-27(21)20(18)28)12-23-17-9-7-16(22)8-10-17/h3-10,23H,11-12H2,1-2H3,(H,24,25,26). The third-order valence-corrected chi connectivity index (χ3v) is 4.65. The maximum absolute atomic E-state index is 13.0. The summed E-state index contributed by atoms with van der Waals surface area (Å²) in [5.41, 5.74) is 4.17. The van der Waals surface area contributed by atoms with E-state index in [4.69, 9.17) is 0 Å². The van der Waals surface area contributed by atoms with E-state index in [2.05, 4.69) is 20.4 Å². The minimum atomic E-state index is -0.290. The van der Waals surface area contributed by atoms with Gasteiger partial charge in [-0.3, -0.25) is 9.89 Å². The van der Waals surface area contributed by atoms with Crippen molar-refractivity contribution < 1.29 is 4.39 Å². The number of hydrogen-bond donors (Lipinski definition) is 2. The highest BCUT2D eigenvalue weighted by atomic mass is 19.1. The molecule has 2 heterocycles. The van der Waals surface area contributed by atoms with Crippen LogP contribution in [0.4, 0.5) is 10.1 Å². The predicted molar refractivity (Wildman–Crippen MR) is 106 cm³/mol. The number of benzene rings is 2. The second-order valence-electron chi connectivity index (χ2n) is 6.81. The van der Waals surface area contributed by atoms with Crippen molar-refractivity contribution in [2.75, 3.05) is 5.32 Å². The molecular weight excluding hydrogens is 357 g/mol. The highest BCUT2D eigenvalue weighted by molar-refractivity contribution is 5.43. The third-order valence-electron chi connectivity index (χ3n) is 4.65. The van der Waals surface area contributed by atoms with Crippen molar-refractivity contribution in [1.82, 2.24) is 19.6 Å². The molecule has 28 heavy (non-hydrogen) atoms. The van der Waals surface area contributed by atoms with Crippen molar-refractivity contribution in [1.29, 1.82) is 0 Å². The van der Waals surface area contributed by atoms with Crippen molar-refractivity contribution >= 4 is 11.5 Å². The average Bonchev–Trinajstić information content (AvgIpc) is 3.09. The van der Waals surface area contributed by atoms with Crippen molar-refractivity contribution in [3.05, 3.63) is 92.9 Å². The summed E-state index contributed by atoms with van der Waals surface area (Å²) in [7, 11) is 0. The van der Waals surface area contributed by atoms with Gasteiger partial charge < -0.3 is 5.32 Å². The van der Waals surface area contributed by atoms with Crippen LogP contribution in [-0.2, 0) is 13.0 Å². The molecule has 0 bridgehead atoms. The smallest absolute Gasteiger partial charge is 0.277 e. The topological polar surface area (TPSA) is 75.1 Å². The van der Waals surface area contributed by atoms with Crippen molar-refractivity contribution in [3.63, 3.8) is 0 Å². The van der Waals surface area contributed by atoms with Crippen molar-refractivity contribution in [2.24, 2.45) is 0 Å². The number of anilines is 1. The Kier molecular flexibility index (Phi) is 4.65. The van der Waals surface area contributed by atoms with Gasteiger partial charge in [0.15, 0.2) is 0 Å². The largest absolute Gasteiger partial charge is 0.378 e. The lowest BCUT2D eigenvalue weighted by Gasteiger charge is -2.05. The molecule has 2 N–H and O–H groups in total. The first kappa shape index (κ1) is 17.9. The Bertz CT molecular complexity index is 1180. The van der Waals surface area contributed by atoms with E-state index in [-0.39, 0.29) is 11.4 Å². The van der Waals surface area contributed by atoms with Gasteiger partial charge in [0.1, 0.15) is 11.6 Å². The maximum atomic E-state index is 13.0. The molecule has 142 valence electrons. The number of rotatable bonds is 5. The van der Waals surface area contributed by atoms with E-state index >= 15 is 0 Å². The summed E-state index contributed by atoms with van der Waals surface area (Å²) < 4.78 is 14.4. The van der Waals surface area contributed by atoms with E-state index in [1.54, 1.807) is 12.1 Å². The maximum Gasteiger partial charge on any atom is 0.277 e. The van der Waals surface area contributed by atoms with Gasteiger partial charge in [-0.2, -0.15) is 9.50 Å².